The van der Waals surface area contributed by atoms with Gasteiger partial charge in [0, 0.05) is 22.7 Å². The number of benzene rings is 1. The fourth-order valence-electron chi connectivity index (χ4n) is 2.87. The maximum Gasteiger partial charge on any atom is 0.248 e. The number of nitrogens with zero attached hydrogens (tertiary/aromatic N) is 1. The molecule has 5 nitrogen and oxygen atoms in total. The fourth-order valence-corrected chi connectivity index (χ4v) is 3.75. The summed E-state index contributed by atoms with van der Waals surface area (Å²) >= 11 is 1.70. The topological polar surface area (TPSA) is 75.4 Å². The molecule has 0 bridgehead atoms. The highest BCUT2D eigenvalue weighted by Crippen LogP contribution is 2.34. The van der Waals surface area contributed by atoms with Gasteiger partial charge in [0.15, 0.2) is 0 Å². The first-order valence-corrected chi connectivity index (χ1v) is 8.50. The van der Waals surface area contributed by atoms with Crippen molar-refractivity contribution in [1.82, 2.24) is 4.90 Å². The molecule has 1 unspecified atom stereocenters. The lowest BCUT2D eigenvalue weighted by atomic mass is 10.2. The van der Waals surface area contributed by atoms with Gasteiger partial charge in [-0.2, -0.15) is 0 Å². The summed E-state index contributed by atoms with van der Waals surface area (Å²) in [5, 5.41) is 5.16. The van der Waals surface area contributed by atoms with Crippen molar-refractivity contribution in [3.63, 3.8) is 0 Å². The molecule has 2 amide bonds. The zero-order chi connectivity index (χ0) is 16.2. The molecule has 1 aliphatic rings. The van der Waals surface area contributed by atoms with E-state index in [1.165, 1.54) is 4.88 Å². The van der Waals surface area contributed by atoms with Gasteiger partial charge in [-0.3, -0.25) is 9.59 Å². The summed E-state index contributed by atoms with van der Waals surface area (Å²) < 4.78 is 0. The lowest BCUT2D eigenvalue weighted by molar-refractivity contribution is -0.130. The lowest BCUT2D eigenvalue weighted by Crippen LogP contribution is -2.34. The minimum atomic E-state index is -0.455. The molecule has 3 rings (SSSR count). The average Bonchev–Trinajstić information content (AvgIpc) is 3.23. The molecular formula is C17H19N3O2S. The summed E-state index contributed by atoms with van der Waals surface area (Å²) in [6.07, 6.45) is 2.07. The van der Waals surface area contributed by atoms with Crippen molar-refractivity contribution in [1.29, 1.82) is 0 Å². The van der Waals surface area contributed by atoms with Crippen molar-refractivity contribution in [2.24, 2.45) is 5.73 Å². The minimum absolute atomic E-state index is 0.0971. The highest BCUT2D eigenvalue weighted by molar-refractivity contribution is 7.10. The van der Waals surface area contributed by atoms with E-state index in [0.29, 0.717) is 5.56 Å². The largest absolute Gasteiger partial charge is 0.376 e. The van der Waals surface area contributed by atoms with Crippen LogP contribution >= 0.6 is 11.3 Å². The molecule has 2 aromatic rings. The van der Waals surface area contributed by atoms with Crippen LogP contribution in [0.1, 0.15) is 34.1 Å². The number of hydrogen-bond acceptors (Lipinski definition) is 4. The molecule has 6 heteroatoms. The minimum Gasteiger partial charge on any atom is -0.376 e. The molecule has 0 spiro atoms. The van der Waals surface area contributed by atoms with Gasteiger partial charge in [0.1, 0.15) is 0 Å². The molecule has 23 heavy (non-hydrogen) atoms. The van der Waals surface area contributed by atoms with Gasteiger partial charge in [0.2, 0.25) is 11.8 Å². The number of anilines is 1. The number of carbonyl (C=O) groups excluding carboxylic acids is 2. The molecule has 0 radical (unpaired) electrons. The van der Waals surface area contributed by atoms with E-state index in [1.807, 2.05) is 11.0 Å². The highest BCUT2D eigenvalue weighted by atomic mass is 32.1. The predicted octanol–water partition coefficient (Wildman–Crippen LogP) is 2.62. The number of likely N-dealkylation sites (tertiary alicyclic amines) is 1. The van der Waals surface area contributed by atoms with Crippen LogP contribution in [0.5, 0.6) is 0 Å². The predicted molar refractivity (Wildman–Crippen MR) is 91.5 cm³/mol. The Morgan fingerprint density at radius 1 is 1.26 bits per heavy atom. The Bertz CT molecular complexity index is 682. The first-order chi connectivity index (χ1) is 11.1. The Morgan fingerprint density at radius 3 is 2.70 bits per heavy atom. The Kier molecular flexibility index (Phi) is 4.62. The summed E-state index contributed by atoms with van der Waals surface area (Å²) in [5.74, 6) is -0.358. The van der Waals surface area contributed by atoms with Crippen molar-refractivity contribution in [3.05, 3.63) is 52.2 Å². The van der Waals surface area contributed by atoms with Crippen LogP contribution in [0, 0.1) is 0 Å². The van der Waals surface area contributed by atoms with Crippen LogP contribution in [0.15, 0.2) is 41.8 Å². The van der Waals surface area contributed by atoms with Crippen LogP contribution in [-0.2, 0) is 4.79 Å². The number of carbonyl (C=O) groups is 2. The normalized spacial score (nSPS) is 17.2. The van der Waals surface area contributed by atoms with E-state index in [1.54, 1.807) is 35.6 Å². The van der Waals surface area contributed by atoms with E-state index in [0.717, 1.165) is 25.1 Å². The molecule has 0 aliphatic carbocycles. The standard InChI is InChI=1S/C17H19N3O2S/c18-17(22)12-5-7-13(8-6-12)19-11-16(21)20-9-1-3-14(20)15-4-2-10-23-15/h2,4-8,10,14,19H,1,3,9,11H2,(H2,18,22). The first kappa shape index (κ1) is 15.6. The Labute approximate surface area is 139 Å². The molecule has 1 aromatic heterocycles. The molecule has 1 saturated heterocycles. The molecule has 120 valence electrons. The number of amides is 2. The van der Waals surface area contributed by atoms with Crippen LogP contribution in [0.25, 0.3) is 0 Å². The van der Waals surface area contributed by atoms with E-state index in [4.69, 9.17) is 5.73 Å². The van der Waals surface area contributed by atoms with E-state index in [-0.39, 0.29) is 18.5 Å². The second-order valence-corrected chi connectivity index (χ2v) is 6.54. The van der Waals surface area contributed by atoms with Gasteiger partial charge in [-0.05, 0) is 48.6 Å². The van der Waals surface area contributed by atoms with E-state index < -0.39 is 5.91 Å². The molecule has 1 aliphatic heterocycles. The Morgan fingerprint density at radius 2 is 2.04 bits per heavy atom. The number of thiophene rings is 1. The average molecular weight is 329 g/mol. The van der Waals surface area contributed by atoms with Gasteiger partial charge in [-0.1, -0.05) is 6.07 Å². The number of nitrogens with one attached hydrogen (secondary N) is 1. The summed E-state index contributed by atoms with van der Waals surface area (Å²) in [5.41, 5.74) is 6.47. The van der Waals surface area contributed by atoms with E-state index in [2.05, 4.69) is 16.8 Å². The third kappa shape index (κ3) is 3.53. The highest BCUT2D eigenvalue weighted by Gasteiger charge is 2.30. The molecule has 0 saturated carbocycles. The Hall–Kier alpha value is -2.34. The maximum atomic E-state index is 12.5. The monoisotopic (exact) mass is 329 g/mol. The zero-order valence-electron chi connectivity index (χ0n) is 12.7. The van der Waals surface area contributed by atoms with Crippen LogP contribution in [0.2, 0.25) is 0 Å². The van der Waals surface area contributed by atoms with Crippen molar-refractivity contribution in [3.8, 4) is 0 Å². The third-order valence-electron chi connectivity index (χ3n) is 4.06. The van der Waals surface area contributed by atoms with E-state index in [9.17, 15) is 9.59 Å². The van der Waals surface area contributed by atoms with Crippen molar-refractivity contribution < 1.29 is 9.59 Å². The second kappa shape index (κ2) is 6.83. The van der Waals surface area contributed by atoms with Gasteiger partial charge in [-0.15, -0.1) is 11.3 Å². The summed E-state index contributed by atoms with van der Waals surface area (Å²) in [6, 6.07) is 11.2. The second-order valence-electron chi connectivity index (χ2n) is 5.56. The van der Waals surface area contributed by atoms with Gasteiger partial charge in [0.25, 0.3) is 0 Å². The summed E-state index contributed by atoms with van der Waals surface area (Å²) in [7, 11) is 0. The van der Waals surface area contributed by atoms with Gasteiger partial charge in [-0.25, -0.2) is 0 Å². The van der Waals surface area contributed by atoms with Crippen LogP contribution in [0.3, 0.4) is 0 Å². The van der Waals surface area contributed by atoms with Gasteiger partial charge in [0.05, 0.1) is 12.6 Å². The number of nitrogens with two attached hydrogens (primary N) is 1. The first-order valence-electron chi connectivity index (χ1n) is 7.62. The number of primary amides is 1. The maximum absolute atomic E-state index is 12.5. The molecule has 1 fully saturated rings. The Balaban J connectivity index is 1.59. The number of hydrogen-bond donors (Lipinski definition) is 2. The van der Waals surface area contributed by atoms with Crippen molar-refractivity contribution in [2.75, 3.05) is 18.4 Å². The third-order valence-corrected chi connectivity index (χ3v) is 5.03. The molecule has 1 atom stereocenters. The molecule has 2 heterocycles. The quantitative estimate of drug-likeness (QED) is 0.885. The zero-order valence-corrected chi connectivity index (χ0v) is 13.5. The van der Waals surface area contributed by atoms with Crippen molar-refractivity contribution >= 4 is 28.8 Å². The van der Waals surface area contributed by atoms with Crippen LogP contribution < -0.4 is 11.1 Å². The summed E-state index contributed by atoms with van der Waals surface area (Å²) in [6.45, 7) is 1.06. The van der Waals surface area contributed by atoms with Crippen molar-refractivity contribution in [2.45, 2.75) is 18.9 Å². The van der Waals surface area contributed by atoms with Crippen LogP contribution in [0.4, 0.5) is 5.69 Å². The van der Waals surface area contributed by atoms with Gasteiger partial charge >= 0.3 is 0 Å². The fraction of sp³-hybridized carbons (Fsp3) is 0.294. The summed E-state index contributed by atoms with van der Waals surface area (Å²) in [4.78, 5) is 26.7. The van der Waals surface area contributed by atoms with Gasteiger partial charge < -0.3 is 16.0 Å². The molecule has 3 N–H and O–H groups in total. The smallest absolute Gasteiger partial charge is 0.248 e. The SMILES string of the molecule is NC(=O)c1ccc(NCC(=O)N2CCCC2c2cccs2)cc1. The lowest BCUT2D eigenvalue weighted by Gasteiger charge is -2.24. The number of rotatable bonds is 5. The molecule has 1 aromatic carbocycles. The van der Waals surface area contributed by atoms with Crippen LogP contribution in [-0.4, -0.2) is 29.8 Å². The molecular weight excluding hydrogens is 310 g/mol. The van der Waals surface area contributed by atoms with E-state index >= 15 is 0 Å².